The zero-order valence-electron chi connectivity index (χ0n) is 18.6. The highest BCUT2D eigenvalue weighted by molar-refractivity contribution is 7.91. The number of hydrogen-bond acceptors (Lipinski definition) is 8. The van der Waals surface area contributed by atoms with Crippen molar-refractivity contribution in [2.24, 2.45) is 0 Å². The van der Waals surface area contributed by atoms with Crippen molar-refractivity contribution in [2.75, 3.05) is 25.6 Å². The Bertz CT molecular complexity index is 1460. The number of oxazole rings is 1. The number of nitrogens with zero attached hydrogens (tertiary/aromatic N) is 1. The van der Waals surface area contributed by atoms with Crippen LogP contribution >= 0.6 is 0 Å². The summed E-state index contributed by atoms with van der Waals surface area (Å²) < 4.78 is 49.7. The van der Waals surface area contributed by atoms with Gasteiger partial charge in [-0.05, 0) is 48.9 Å². The Morgan fingerprint density at radius 1 is 0.941 bits per heavy atom. The fraction of sp³-hybridized carbons (Fsp3) is 0.160. The molecule has 0 fully saturated rings. The Hall–Kier alpha value is -3.98. The molecule has 0 unspecified atom stereocenters. The van der Waals surface area contributed by atoms with Crippen molar-refractivity contribution in [1.82, 2.24) is 4.98 Å². The maximum absolute atomic E-state index is 13.7. The van der Waals surface area contributed by atoms with Gasteiger partial charge in [-0.3, -0.25) is 0 Å². The maximum atomic E-state index is 13.7. The summed E-state index contributed by atoms with van der Waals surface area (Å²) in [6.07, 6.45) is 0. The number of hydrogen-bond donors (Lipinski definition) is 1. The van der Waals surface area contributed by atoms with Gasteiger partial charge in [-0.2, -0.15) is 4.98 Å². The number of sulfone groups is 1. The van der Waals surface area contributed by atoms with Gasteiger partial charge in [-0.1, -0.05) is 24.3 Å². The van der Waals surface area contributed by atoms with E-state index in [1.165, 1.54) is 12.1 Å². The van der Waals surface area contributed by atoms with E-state index < -0.39 is 9.84 Å². The lowest BCUT2D eigenvalue weighted by atomic mass is 10.2. The first-order valence-electron chi connectivity index (χ1n) is 10.6. The zero-order valence-corrected chi connectivity index (χ0v) is 19.4. The van der Waals surface area contributed by atoms with Gasteiger partial charge in [0.15, 0.2) is 11.5 Å². The fourth-order valence-electron chi connectivity index (χ4n) is 3.58. The molecule has 4 aromatic rings. The summed E-state index contributed by atoms with van der Waals surface area (Å²) in [6.45, 7) is 2.67. The number of methoxy groups -OCH3 is 1. The van der Waals surface area contributed by atoms with Gasteiger partial charge in [0.25, 0.3) is 0 Å². The highest BCUT2D eigenvalue weighted by Crippen LogP contribution is 2.38. The molecule has 0 radical (unpaired) electrons. The molecule has 3 aromatic carbocycles. The number of fused-ring (bicyclic) bond motifs is 1. The van der Waals surface area contributed by atoms with Crippen molar-refractivity contribution < 1.29 is 27.0 Å². The van der Waals surface area contributed by atoms with E-state index >= 15 is 0 Å². The summed E-state index contributed by atoms with van der Waals surface area (Å²) in [7, 11) is -2.52. The molecule has 1 N–H and O–H groups in total. The van der Waals surface area contributed by atoms with Crippen molar-refractivity contribution in [3.05, 3.63) is 72.3 Å². The average molecular weight is 479 g/mol. The number of anilines is 2. The van der Waals surface area contributed by atoms with Gasteiger partial charge in [-0.25, -0.2) is 8.42 Å². The summed E-state index contributed by atoms with van der Waals surface area (Å²) in [6, 6.07) is 19.1. The monoisotopic (exact) mass is 478 g/mol. The van der Waals surface area contributed by atoms with E-state index in [-0.39, 0.29) is 21.7 Å². The number of benzene rings is 3. The molecule has 0 saturated heterocycles. The fourth-order valence-corrected chi connectivity index (χ4v) is 4.86. The lowest BCUT2D eigenvalue weighted by Gasteiger charge is -2.18. The molecular formula is C25H22N2O6S. The van der Waals surface area contributed by atoms with Gasteiger partial charge in [-0.15, -0.1) is 0 Å². The standard InChI is InChI=1S/C25H22N2O6S/c1-16-6-3-4-9-20(16)26-24-25(27-23(33-24)17-7-5-8-18(14-17)30-2)34(28,29)19-10-11-21-22(15-19)32-13-12-31-21/h3-11,14-15,26H,12-13H2,1-2H3. The number of aromatic nitrogens is 1. The molecule has 2 heterocycles. The Morgan fingerprint density at radius 3 is 2.53 bits per heavy atom. The first-order chi connectivity index (χ1) is 16.5. The van der Waals surface area contributed by atoms with Gasteiger partial charge in [0.05, 0.1) is 12.0 Å². The lowest BCUT2D eigenvalue weighted by molar-refractivity contribution is 0.171. The van der Waals surface area contributed by atoms with E-state index in [0.717, 1.165) is 5.56 Å². The van der Waals surface area contributed by atoms with Crippen molar-refractivity contribution in [3.63, 3.8) is 0 Å². The second kappa shape index (κ2) is 8.75. The molecule has 0 atom stereocenters. The van der Waals surface area contributed by atoms with Gasteiger partial charge in [0, 0.05) is 17.3 Å². The van der Waals surface area contributed by atoms with Crippen molar-refractivity contribution in [2.45, 2.75) is 16.8 Å². The molecule has 174 valence electrons. The Labute approximate surface area is 197 Å². The lowest BCUT2D eigenvalue weighted by Crippen LogP contribution is -2.16. The second-order valence-corrected chi connectivity index (χ2v) is 9.50. The highest BCUT2D eigenvalue weighted by Gasteiger charge is 2.30. The van der Waals surface area contributed by atoms with Crippen molar-refractivity contribution in [3.8, 4) is 28.7 Å². The molecule has 1 aliphatic heterocycles. The van der Waals surface area contributed by atoms with Crippen LogP contribution in [0.5, 0.6) is 17.2 Å². The van der Waals surface area contributed by atoms with Gasteiger partial charge in [0.1, 0.15) is 19.0 Å². The van der Waals surface area contributed by atoms with Gasteiger partial charge in [0.2, 0.25) is 26.6 Å². The molecule has 34 heavy (non-hydrogen) atoms. The molecule has 0 aliphatic carbocycles. The quantitative estimate of drug-likeness (QED) is 0.413. The van der Waals surface area contributed by atoms with E-state index in [1.807, 2.05) is 31.2 Å². The normalized spacial score (nSPS) is 12.9. The summed E-state index contributed by atoms with van der Waals surface area (Å²) >= 11 is 0. The topological polar surface area (TPSA) is 99.9 Å². The molecule has 0 spiro atoms. The summed E-state index contributed by atoms with van der Waals surface area (Å²) in [5.41, 5.74) is 2.20. The first-order valence-corrected chi connectivity index (χ1v) is 12.1. The van der Waals surface area contributed by atoms with E-state index in [9.17, 15) is 8.42 Å². The van der Waals surface area contributed by atoms with Crippen molar-refractivity contribution in [1.29, 1.82) is 0 Å². The second-order valence-electron chi connectivity index (χ2n) is 7.63. The largest absolute Gasteiger partial charge is 0.497 e. The van der Waals surface area contributed by atoms with Crippen LogP contribution in [0.15, 0.2) is 81.1 Å². The van der Waals surface area contributed by atoms with Crippen LogP contribution in [0.3, 0.4) is 0 Å². The first kappa shape index (κ1) is 21.8. The van der Waals surface area contributed by atoms with Crippen LogP contribution in [-0.2, 0) is 9.84 Å². The van der Waals surface area contributed by atoms with E-state index in [2.05, 4.69) is 10.3 Å². The third-order valence-corrected chi connectivity index (χ3v) is 7.04. The molecule has 0 bridgehead atoms. The predicted octanol–water partition coefficient (Wildman–Crippen LogP) is 5.01. The van der Waals surface area contributed by atoms with E-state index in [0.29, 0.717) is 41.7 Å². The average Bonchev–Trinajstić information content (AvgIpc) is 3.30. The number of aryl methyl sites for hydroxylation is 1. The van der Waals surface area contributed by atoms with Gasteiger partial charge >= 0.3 is 0 Å². The Morgan fingerprint density at radius 2 is 1.74 bits per heavy atom. The third kappa shape index (κ3) is 4.06. The maximum Gasteiger partial charge on any atom is 0.238 e. The summed E-state index contributed by atoms with van der Waals surface area (Å²) in [5.74, 6) is 1.63. The molecule has 8 nitrogen and oxygen atoms in total. The molecular weight excluding hydrogens is 456 g/mol. The van der Waals surface area contributed by atoms with Gasteiger partial charge < -0.3 is 23.9 Å². The van der Waals surface area contributed by atoms with Crippen LogP contribution in [-0.4, -0.2) is 33.7 Å². The molecule has 0 amide bonds. The summed E-state index contributed by atoms with van der Waals surface area (Å²) in [5, 5.41) is 2.87. The molecule has 9 heteroatoms. The smallest absolute Gasteiger partial charge is 0.238 e. The van der Waals surface area contributed by atoms with Crippen LogP contribution in [0.25, 0.3) is 11.5 Å². The number of nitrogens with one attached hydrogen (secondary N) is 1. The number of para-hydroxylation sites is 1. The van der Waals surface area contributed by atoms with Crippen LogP contribution in [0.4, 0.5) is 11.6 Å². The Kier molecular flexibility index (Phi) is 5.62. The highest BCUT2D eigenvalue weighted by atomic mass is 32.2. The van der Waals surface area contributed by atoms with E-state index in [1.54, 1.807) is 37.4 Å². The Balaban J connectivity index is 1.63. The predicted molar refractivity (Wildman–Crippen MR) is 126 cm³/mol. The molecule has 1 aliphatic rings. The van der Waals surface area contributed by atoms with Crippen LogP contribution in [0.1, 0.15) is 5.56 Å². The van der Waals surface area contributed by atoms with Crippen molar-refractivity contribution >= 4 is 21.4 Å². The van der Waals surface area contributed by atoms with Crippen LogP contribution in [0, 0.1) is 6.92 Å². The molecule has 0 saturated carbocycles. The zero-order chi connectivity index (χ0) is 23.7. The molecule has 1 aromatic heterocycles. The summed E-state index contributed by atoms with van der Waals surface area (Å²) in [4.78, 5) is 4.42. The molecule has 5 rings (SSSR count). The number of ether oxygens (including phenoxy) is 3. The third-order valence-electron chi connectivity index (χ3n) is 5.38. The van der Waals surface area contributed by atoms with E-state index in [4.69, 9.17) is 18.6 Å². The number of rotatable bonds is 6. The SMILES string of the molecule is COc1cccc(-c2nc(S(=O)(=O)c3ccc4c(c3)OCCO4)c(Nc3ccccc3C)o2)c1. The minimum absolute atomic E-state index is 0.0157. The minimum Gasteiger partial charge on any atom is -0.497 e. The van der Waals surface area contributed by atoms with Crippen LogP contribution < -0.4 is 19.5 Å². The van der Waals surface area contributed by atoms with Crippen LogP contribution in [0.2, 0.25) is 0 Å². The minimum atomic E-state index is -4.07.